The van der Waals surface area contributed by atoms with E-state index in [1.165, 1.54) is 24.3 Å². The molecule has 0 heterocycles. The number of benzene rings is 2. The van der Waals surface area contributed by atoms with Gasteiger partial charge in [0.1, 0.15) is 18.4 Å². The Balaban J connectivity index is 1.72. The van der Waals surface area contributed by atoms with Gasteiger partial charge < -0.3 is 9.84 Å². The standard InChI is InChI=1S/C23H20ClN3O5S/c24-18-10-20(32-13-23(12-26)6-1-7-23)19(8-16(18)11-25)27-33(30,31)21-9-15(22(28)29)4-5-17(21)14-2-3-14/h4-5,8-10,14,27H,1-3,6-7,13H2,(H,28,29). The maximum absolute atomic E-state index is 13.4. The molecule has 0 aliphatic heterocycles. The monoisotopic (exact) mass is 485 g/mol. The Labute approximate surface area is 196 Å². The first kappa shape index (κ1) is 22.9. The fraction of sp³-hybridized carbons (Fsp3) is 0.348. The zero-order valence-corrected chi connectivity index (χ0v) is 19.0. The number of rotatable bonds is 8. The lowest BCUT2D eigenvalue weighted by Crippen LogP contribution is -2.34. The third-order valence-electron chi connectivity index (χ3n) is 6.05. The zero-order chi connectivity index (χ0) is 23.8. The summed E-state index contributed by atoms with van der Waals surface area (Å²) < 4.78 is 35.0. The van der Waals surface area contributed by atoms with Crippen LogP contribution >= 0.6 is 11.6 Å². The van der Waals surface area contributed by atoms with E-state index in [1.807, 2.05) is 6.07 Å². The van der Waals surface area contributed by atoms with Crippen molar-refractivity contribution in [1.29, 1.82) is 10.5 Å². The van der Waals surface area contributed by atoms with E-state index in [-0.39, 0.29) is 45.0 Å². The van der Waals surface area contributed by atoms with Crippen LogP contribution in [-0.4, -0.2) is 26.1 Å². The van der Waals surface area contributed by atoms with Crippen LogP contribution in [0.15, 0.2) is 35.2 Å². The van der Waals surface area contributed by atoms with Crippen molar-refractivity contribution in [2.75, 3.05) is 11.3 Å². The summed E-state index contributed by atoms with van der Waals surface area (Å²) in [6.45, 7) is 0.0578. The van der Waals surface area contributed by atoms with Crippen molar-refractivity contribution in [3.8, 4) is 17.9 Å². The van der Waals surface area contributed by atoms with Crippen molar-refractivity contribution >= 4 is 33.3 Å². The number of nitrogens with zero attached hydrogens (tertiary/aromatic N) is 2. The first-order valence-electron chi connectivity index (χ1n) is 10.4. The fourth-order valence-corrected chi connectivity index (χ4v) is 5.36. The SMILES string of the molecule is N#Cc1cc(NS(=O)(=O)c2cc(C(=O)O)ccc2C2CC2)c(OCC2(C#N)CCC2)cc1Cl. The number of hydrogen-bond acceptors (Lipinski definition) is 6. The number of nitrogens with one attached hydrogen (secondary N) is 1. The smallest absolute Gasteiger partial charge is 0.335 e. The van der Waals surface area contributed by atoms with Crippen molar-refractivity contribution in [2.24, 2.45) is 5.41 Å². The zero-order valence-electron chi connectivity index (χ0n) is 17.5. The molecule has 4 rings (SSSR count). The Bertz CT molecular complexity index is 1320. The van der Waals surface area contributed by atoms with E-state index in [4.69, 9.17) is 16.3 Å². The van der Waals surface area contributed by atoms with E-state index in [1.54, 1.807) is 0 Å². The Kier molecular flexibility index (Phi) is 5.96. The molecule has 0 aromatic heterocycles. The van der Waals surface area contributed by atoms with Crippen molar-refractivity contribution in [2.45, 2.75) is 42.9 Å². The average molecular weight is 486 g/mol. The lowest BCUT2D eigenvalue weighted by atomic mass is 9.71. The minimum atomic E-state index is -4.23. The van der Waals surface area contributed by atoms with Gasteiger partial charge in [-0.3, -0.25) is 4.72 Å². The van der Waals surface area contributed by atoms with Crippen LogP contribution in [0.4, 0.5) is 5.69 Å². The Hall–Kier alpha value is -3.27. The number of halogens is 1. The highest BCUT2D eigenvalue weighted by molar-refractivity contribution is 7.92. The number of aromatic carboxylic acids is 1. The van der Waals surface area contributed by atoms with E-state index in [9.17, 15) is 28.8 Å². The number of sulfonamides is 1. The molecule has 2 aliphatic carbocycles. The van der Waals surface area contributed by atoms with Gasteiger partial charge in [-0.1, -0.05) is 24.1 Å². The van der Waals surface area contributed by atoms with Crippen LogP contribution in [0.2, 0.25) is 5.02 Å². The minimum absolute atomic E-state index is 0.00848. The molecule has 0 spiro atoms. The molecule has 10 heteroatoms. The fourth-order valence-electron chi connectivity index (χ4n) is 3.78. The lowest BCUT2D eigenvalue weighted by Gasteiger charge is -2.34. The number of carboxylic acid groups (broad SMARTS) is 1. The molecule has 8 nitrogen and oxygen atoms in total. The van der Waals surface area contributed by atoms with E-state index >= 15 is 0 Å². The lowest BCUT2D eigenvalue weighted by molar-refractivity contribution is 0.0696. The highest BCUT2D eigenvalue weighted by Gasteiger charge is 2.38. The molecule has 0 saturated heterocycles. The van der Waals surface area contributed by atoms with Crippen molar-refractivity contribution in [3.63, 3.8) is 0 Å². The van der Waals surface area contributed by atoms with Gasteiger partial charge in [0, 0.05) is 6.07 Å². The van der Waals surface area contributed by atoms with Crippen LogP contribution in [0, 0.1) is 28.1 Å². The van der Waals surface area contributed by atoms with E-state index in [0.29, 0.717) is 18.4 Å². The molecular formula is C23H20ClN3O5S. The predicted octanol–water partition coefficient (Wildman–Crippen LogP) is 4.66. The van der Waals surface area contributed by atoms with Gasteiger partial charge in [-0.25, -0.2) is 13.2 Å². The molecule has 0 atom stereocenters. The minimum Gasteiger partial charge on any atom is -0.490 e. The molecule has 0 amide bonds. The number of carboxylic acids is 1. The van der Waals surface area contributed by atoms with Crippen LogP contribution in [0.1, 0.15) is 59.5 Å². The van der Waals surface area contributed by atoms with Gasteiger partial charge in [-0.2, -0.15) is 10.5 Å². The third kappa shape index (κ3) is 4.61. The summed E-state index contributed by atoms with van der Waals surface area (Å²) in [6, 6.07) is 10.8. The second-order valence-electron chi connectivity index (χ2n) is 8.41. The van der Waals surface area contributed by atoms with E-state index < -0.39 is 21.4 Å². The molecule has 0 radical (unpaired) electrons. The first-order valence-corrected chi connectivity index (χ1v) is 12.2. The summed E-state index contributed by atoms with van der Waals surface area (Å²) in [6.07, 6.45) is 3.91. The molecule has 2 fully saturated rings. The molecule has 2 N–H and O–H groups in total. The number of hydrogen-bond donors (Lipinski definition) is 2. The highest BCUT2D eigenvalue weighted by Crippen LogP contribution is 2.44. The summed E-state index contributed by atoms with van der Waals surface area (Å²) in [5, 5.41) is 28.2. The van der Waals surface area contributed by atoms with Gasteiger partial charge in [0.25, 0.3) is 10.0 Å². The molecule has 33 heavy (non-hydrogen) atoms. The predicted molar refractivity (Wildman–Crippen MR) is 120 cm³/mol. The quantitative estimate of drug-likeness (QED) is 0.553. The number of anilines is 1. The van der Waals surface area contributed by atoms with Crippen molar-refractivity contribution in [3.05, 3.63) is 52.0 Å². The number of ether oxygens (including phenoxy) is 1. The largest absolute Gasteiger partial charge is 0.490 e. The molecular weight excluding hydrogens is 466 g/mol. The number of nitriles is 2. The first-order chi connectivity index (χ1) is 15.7. The van der Waals surface area contributed by atoms with E-state index in [0.717, 1.165) is 25.3 Å². The van der Waals surface area contributed by atoms with Crippen LogP contribution in [0.3, 0.4) is 0 Å². The van der Waals surface area contributed by atoms with Crippen LogP contribution in [0.25, 0.3) is 0 Å². The van der Waals surface area contributed by atoms with Crippen LogP contribution in [-0.2, 0) is 10.0 Å². The Morgan fingerprint density at radius 2 is 1.97 bits per heavy atom. The molecule has 170 valence electrons. The Morgan fingerprint density at radius 1 is 1.24 bits per heavy atom. The van der Waals surface area contributed by atoms with Crippen molar-refractivity contribution < 1.29 is 23.1 Å². The van der Waals surface area contributed by atoms with Gasteiger partial charge in [-0.05, 0) is 55.4 Å². The molecule has 2 aliphatic rings. The van der Waals surface area contributed by atoms with Crippen molar-refractivity contribution in [1.82, 2.24) is 0 Å². The summed E-state index contributed by atoms with van der Waals surface area (Å²) in [5.41, 5.74) is -0.202. The maximum atomic E-state index is 13.4. The molecule has 2 saturated carbocycles. The maximum Gasteiger partial charge on any atom is 0.335 e. The summed E-state index contributed by atoms with van der Waals surface area (Å²) >= 11 is 6.14. The van der Waals surface area contributed by atoms with Gasteiger partial charge in [0.05, 0.1) is 38.2 Å². The highest BCUT2D eigenvalue weighted by atomic mass is 35.5. The Morgan fingerprint density at radius 3 is 2.52 bits per heavy atom. The van der Waals surface area contributed by atoms with E-state index in [2.05, 4.69) is 10.8 Å². The molecule has 0 bridgehead atoms. The summed E-state index contributed by atoms with van der Waals surface area (Å²) in [7, 11) is -4.23. The molecule has 2 aromatic carbocycles. The molecule has 0 unspecified atom stereocenters. The van der Waals surface area contributed by atoms with Crippen LogP contribution < -0.4 is 9.46 Å². The second kappa shape index (κ2) is 8.58. The average Bonchev–Trinajstić information content (AvgIpc) is 3.59. The summed E-state index contributed by atoms with van der Waals surface area (Å²) in [5.74, 6) is -1.10. The van der Waals surface area contributed by atoms with Gasteiger partial charge >= 0.3 is 5.97 Å². The third-order valence-corrected chi connectivity index (χ3v) is 7.79. The molecule has 2 aromatic rings. The second-order valence-corrected chi connectivity index (χ2v) is 10.5. The normalized spacial score (nSPS) is 16.7. The number of carbonyl (C=O) groups is 1. The van der Waals surface area contributed by atoms with Gasteiger partial charge in [0.15, 0.2) is 0 Å². The van der Waals surface area contributed by atoms with Gasteiger partial charge in [-0.15, -0.1) is 0 Å². The topological polar surface area (TPSA) is 140 Å². The summed E-state index contributed by atoms with van der Waals surface area (Å²) in [4.78, 5) is 11.3. The van der Waals surface area contributed by atoms with Gasteiger partial charge in [0.2, 0.25) is 0 Å². The van der Waals surface area contributed by atoms with Crippen LogP contribution in [0.5, 0.6) is 5.75 Å².